The number of benzene rings is 2. The molecule has 3 aromatic rings. The smallest absolute Gasteiger partial charge is 0.120 e. The third-order valence-corrected chi connectivity index (χ3v) is 3.63. The summed E-state index contributed by atoms with van der Waals surface area (Å²) in [6.45, 7) is 4.84. The summed E-state index contributed by atoms with van der Waals surface area (Å²) in [6, 6.07) is 18.8. The second kappa shape index (κ2) is 5.96. The van der Waals surface area contributed by atoms with Crippen molar-refractivity contribution in [2.75, 3.05) is 6.61 Å². The molecule has 0 saturated heterocycles. The molecule has 1 aromatic heterocycles. The molecule has 0 aliphatic heterocycles. The highest BCUT2D eigenvalue weighted by molar-refractivity contribution is 5.82. The lowest BCUT2D eigenvalue weighted by Gasteiger charge is -2.07. The Kier molecular flexibility index (Phi) is 3.87. The molecule has 0 radical (unpaired) electrons. The van der Waals surface area contributed by atoms with Gasteiger partial charge in [0, 0.05) is 10.9 Å². The molecule has 106 valence electrons. The molecule has 2 heteroatoms. The van der Waals surface area contributed by atoms with Gasteiger partial charge < -0.3 is 4.74 Å². The SMILES string of the molecule is CCOc1ccc2nc(-c3ccc(CC)cc3)ccc2c1. The van der Waals surface area contributed by atoms with E-state index < -0.39 is 0 Å². The summed E-state index contributed by atoms with van der Waals surface area (Å²) in [5.41, 5.74) is 4.51. The first kappa shape index (κ1) is 13.6. The van der Waals surface area contributed by atoms with Crippen LogP contribution in [-0.2, 0) is 6.42 Å². The first-order valence-corrected chi connectivity index (χ1v) is 7.43. The number of aromatic nitrogens is 1. The molecular weight excluding hydrogens is 258 g/mol. The molecule has 1 heterocycles. The molecule has 0 atom stereocenters. The molecule has 0 aliphatic carbocycles. The molecule has 3 rings (SSSR count). The van der Waals surface area contributed by atoms with Crippen LogP contribution in [0.15, 0.2) is 54.6 Å². The maximum Gasteiger partial charge on any atom is 0.120 e. The van der Waals surface area contributed by atoms with Crippen LogP contribution in [-0.4, -0.2) is 11.6 Å². The molecular formula is C19H19NO. The van der Waals surface area contributed by atoms with E-state index in [0.717, 1.165) is 34.3 Å². The van der Waals surface area contributed by atoms with Crippen molar-refractivity contribution >= 4 is 10.9 Å². The Balaban J connectivity index is 1.98. The van der Waals surface area contributed by atoms with Gasteiger partial charge in [-0.25, -0.2) is 4.98 Å². The first-order chi connectivity index (χ1) is 10.3. The van der Waals surface area contributed by atoms with E-state index in [-0.39, 0.29) is 0 Å². The predicted octanol–water partition coefficient (Wildman–Crippen LogP) is 4.86. The van der Waals surface area contributed by atoms with E-state index in [2.05, 4.69) is 43.3 Å². The van der Waals surface area contributed by atoms with E-state index in [9.17, 15) is 0 Å². The molecule has 0 unspecified atom stereocenters. The second-order valence-electron chi connectivity index (χ2n) is 5.03. The molecule has 21 heavy (non-hydrogen) atoms. The Hall–Kier alpha value is -2.35. The van der Waals surface area contributed by atoms with Crippen molar-refractivity contribution in [3.63, 3.8) is 0 Å². The summed E-state index contributed by atoms with van der Waals surface area (Å²) in [4.78, 5) is 4.75. The highest BCUT2D eigenvalue weighted by atomic mass is 16.5. The Morgan fingerprint density at radius 2 is 1.71 bits per heavy atom. The number of rotatable bonds is 4. The fourth-order valence-electron chi connectivity index (χ4n) is 2.43. The van der Waals surface area contributed by atoms with Crippen LogP contribution in [0, 0.1) is 0 Å². The van der Waals surface area contributed by atoms with E-state index in [1.165, 1.54) is 5.56 Å². The Bertz CT molecular complexity index is 747. The predicted molar refractivity (Wildman–Crippen MR) is 87.7 cm³/mol. The summed E-state index contributed by atoms with van der Waals surface area (Å²) in [7, 11) is 0. The molecule has 0 fully saturated rings. The molecule has 2 nitrogen and oxygen atoms in total. The fraction of sp³-hybridized carbons (Fsp3) is 0.211. The molecule has 0 amide bonds. The van der Waals surface area contributed by atoms with Crippen molar-refractivity contribution in [1.29, 1.82) is 0 Å². The standard InChI is InChI=1S/C19H19NO/c1-3-14-5-7-15(8-6-14)18-11-9-16-13-17(21-4-2)10-12-19(16)20-18/h5-13H,3-4H2,1-2H3. The van der Waals surface area contributed by atoms with Gasteiger partial charge in [-0.2, -0.15) is 0 Å². The Labute approximate surface area is 125 Å². The zero-order valence-electron chi connectivity index (χ0n) is 12.5. The van der Waals surface area contributed by atoms with E-state index >= 15 is 0 Å². The fourth-order valence-corrected chi connectivity index (χ4v) is 2.43. The number of pyridine rings is 1. The summed E-state index contributed by atoms with van der Waals surface area (Å²) in [6.07, 6.45) is 1.06. The maximum absolute atomic E-state index is 5.53. The summed E-state index contributed by atoms with van der Waals surface area (Å²) >= 11 is 0. The average molecular weight is 277 g/mol. The molecule has 2 aromatic carbocycles. The molecule has 0 saturated carbocycles. The van der Waals surface area contributed by atoms with Gasteiger partial charge in [0.25, 0.3) is 0 Å². The monoisotopic (exact) mass is 277 g/mol. The van der Waals surface area contributed by atoms with Crippen molar-refractivity contribution < 1.29 is 4.74 Å². The van der Waals surface area contributed by atoms with Crippen LogP contribution in [0.5, 0.6) is 5.75 Å². The highest BCUT2D eigenvalue weighted by Crippen LogP contribution is 2.24. The number of hydrogen-bond acceptors (Lipinski definition) is 2. The number of hydrogen-bond donors (Lipinski definition) is 0. The van der Waals surface area contributed by atoms with Gasteiger partial charge >= 0.3 is 0 Å². The van der Waals surface area contributed by atoms with Gasteiger partial charge in [-0.15, -0.1) is 0 Å². The lowest BCUT2D eigenvalue weighted by Crippen LogP contribution is -1.92. The zero-order chi connectivity index (χ0) is 14.7. The van der Waals surface area contributed by atoms with Gasteiger partial charge in [-0.3, -0.25) is 0 Å². The molecule has 0 spiro atoms. The topological polar surface area (TPSA) is 22.1 Å². The summed E-state index contributed by atoms with van der Waals surface area (Å²) in [5, 5.41) is 1.11. The lowest BCUT2D eigenvalue weighted by molar-refractivity contribution is 0.340. The van der Waals surface area contributed by atoms with Crippen LogP contribution in [0.4, 0.5) is 0 Å². The maximum atomic E-state index is 5.53. The zero-order valence-corrected chi connectivity index (χ0v) is 12.5. The number of ether oxygens (including phenoxy) is 1. The second-order valence-corrected chi connectivity index (χ2v) is 5.03. The number of nitrogens with zero attached hydrogens (tertiary/aromatic N) is 1. The highest BCUT2D eigenvalue weighted by Gasteiger charge is 2.03. The third-order valence-electron chi connectivity index (χ3n) is 3.63. The molecule has 0 N–H and O–H groups in total. The van der Waals surface area contributed by atoms with Gasteiger partial charge in [-0.05, 0) is 43.2 Å². The number of aryl methyl sites for hydroxylation is 1. The number of fused-ring (bicyclic) bond motifs is 1. The van der Waals surface area contributed by atoms with Gasteiger partial charge in [-0.1, -0.05) is 37.3 Å². The van der Waals surface area contributed by atoms with Gasteiger partial charge in [0.05, 0.1) is 17.8 Å². The normalized spacial score (nSPS) is 10.8. The third kappa shape index (κ3) is 2.89. The minimum atomic E-state index is 0.681. The van der Waals surface area contributed by atoms with E-state index in [1.54, 1.807) is 0 Å². The van der Waals surface area contributed by atoms with Crippen LogP contribution in [0.2, 0.25) is 0 Å². The van der Waals surface area contributed by atoms with Gasteiger partial charge in [0.1, 0.15) is 5.75 Å². The van der Waals surface area contributed by atoms with Crippen LogP contribution in [0.25, 0.3) is 22.2 Å². The van der Waals surface area contributed by atoms with E-state index in [4.69, 9.17) is 9.72 Å². The van der Waals surface area contributed by atoms with Crippen molar-refractivity contribution in [2.45, 2.75) is 20.3 Å². The van der Waals surface area contributed by atoms with Crippen LogP contribution >= 0.6 is 0 Å². The van der Waals surface area contributed by atoms with Crippen LogP contribution < -0.4 is 4.74 Å². The first-order valence-electron chi connectivity index (χ1n) is 7.43. The minimum absolute atomic E-state index is 0.681. The lowest BCUT2D eigenvalue weighted by atomic mass is 10.1. The Morgan fingerprint density at radius 1 is 0.905 bits per heavy atom. The van der Waals surface area contributed by atoms with Gasteiger partial charge in [0.15, 0.2) is 0 Å². The summed E-state index contributed by atoms with van der Waals surface area (Å²) in [5.74, 6) is 0.895. The van der Waals surface area contributed by atoms with E-state index in [0.29, 0.717) is 6.61 Å². The summed E-state index contributed by atoms with van der Waals surface area (Å²) < 4.78 is 5.53. The van der Waals surface area contributed by atoms with Crippen LogP contribution in [0.1, 0.15) is 19.4 Å². The van der Waals surface area contributed by atoms with Crippen molar-refractivity contribution in [3.05, 3.63) is 60.2 Å². The van der Waals surface area contributed by atoms with Crippen molar-refractivity contribution in [1.82, 2.24) is 4.98 Å². The van der Waals surface area contributed by atoms with E-state index in [1.807, 2.05) is 25.1 Å². The van der Waals surface area contributed by atoms with Crippen LogP contribution in [0.3, 0.4) is 0 Å². The van der Waals surface area contributed by atoms with Crippen molar-refractivity contribution in [3.8, 4) is 17.0 Å². The van der Waals surface area contributed by atoms with Crippen molar-refractivity contribution in [2.24, 2.45) is 0 Å². The Morgan fingerprint density at radius 3 is 2.43 bits per heavy atom. The van der Waals surface area contributed by atoms with Gasteiger partial charge in [0.2, 0.25) is 0 Å². The minimum Gasteiger partial charge on any atom is -0.494 e. The average Bonchev–Trinajstić information content (AvgIpc) is 2.55. The quantitative estimate of drug-likeness (QED) is 0.679. The molecule has 0 aliphatic rings. The largest absolute Gasteiger partial charge is 0.494 e. The molecule has 0 bridgehead atoms.